The molecule has 0 aromatic heterocycles. The Bertz CT molecular complexity index is 521. The van der Waals surface area contributed by atoms with E-state index in [0.29, 0.717) is 0 Å². The summed E-state index contributed by atoms with van der Waals surface area (Å²) in [6, 6.07) is 19.4. The lowest BCUT2D eigenvalue weighted by Gasteiger charge is -2.05. The summed E-state index contributed by atoms with van der Waals surface area (Å²) >= 11 is 3.46. The molecule has 2 heteroatoms. The van der Waals surface area contributed by atoms with Crippen molar-refractivity contribution in [1.82, 2.24) is 5.32 Å². The van der Waals surface area contributed by atoms with Crippen molar-refractivity contribution in [1.29, 1.82) is 0 Å². The first-order chi connectivity index (χ1) is 9.33. The van der Waals surface area contributed by atoms with Crippen LogP contribution in [0.1, 0.15) is 23.5 Å². The summed E-state index contributed by atoms with van der Waals surface area (Å²) in [5, 5.41) is 3.57. The van der Waals surface area contributed by atoms with Gasteiger partial charge in [-0.2, -0.15) is 0 Å². The molecule has 0 spiro atoms. The van der Waals surface area contributed by atoms with E-state index in [1.54, 1.807) is 0 Å². The van der Waals surface area contributed by atoms with Gasteiger partial charge in [-0.05, 0) is 48.1 Å². The van der Waals surface area contributed by atoms with E-state index in [-0.39, 0.29) is 0 Å². The van der Waals surface area contributed by atoms with Crippen LogP contribution < -0.4 is 5.32 Å². The van der Waals surface area contributed by atoms with Gasteiger partial charge in [0.15, 0.2) is 0 Å². The van der Waals surface area contributed by atoms with Crippen LogP contribution in [-0.4, -0.2) is 6.54 Å². The van der Waals surface area contributed by atoms with Crippen molar-refractivity contribution < 1.29 is 0 Å². The Morgan fingerprint density at radius 3 is 2.47 bits per heavy atom. The summed E-state index contributed by atoms with van der Waals surface area (Å²) in [5.74, 6) is 1.59. The first-order valence-corrected chi connectivity index (χ1v) is 7.62. The zero-order chi connectivity index (χ0) is 13.1. The van der Waals surface area contributed by atoms with Crippen LogP contribution in [0.3, 0.4) is 0 Å². The third-order valence-corrected chi connectivity index (χ3v) is 4.33. The number of rotatable bonds is 5. The van der Waals surface area contributed by atoms with Crippen LogP contribution in [0.4, 0.5) is 0 Å². The van der Waals surface area contributed by atoms with Gasteiger partial charge in [-0.1, -0.05) is 58.4 Å². The molecule has 2 aromatic carbocycles. The van der Waals surface area contributed by atoms with Crippen molar-refractivity contribution in [2.24, 2.45) is 5.92 Å². The maximum absolute atomic E-state index is 3.57. The molecule has 0 saturated heterocycles. The molecule has 2 aromatic rings. The first-order valence-electron chi connectivity index (χ1n) is 6.83. The van der Waals surface area contributed by atoms with E-state index in [9.17, 15) is 0 Å². The van der Waals surface area contributed by atoms with Crippen LogP contribution in [-0.2, 0) is 6.54 Å². The smallest absolute Gasteiger partial charge is 0.0205 e. The van der Waals surface area contributed by atoms with Gasteiger partial charge < -0.3 is 5.32 Å². The van der Waals surface area contributed by atoms with E-state index in [0.717, 1.165) is 29.4 Å². The third kappa shape index (κ3) is 3.46. The Morgan fingerprint density at radius 1 is 1.00 bits per heavy atom. The van der Waals surface area contributed by atoms with Crippen LogP contribution in [0.5, 0.6) is 0 Å². The zero-order valence-electron chi connectivity index (χ0n) is 10.9. The molecule has 0 unspecified atom stereocenters. The average molecular weight is 316 g/mol. The van der Waals surface area contributed by atoms with Crippen molar-refractivity contribution in [3.8, 4) is 0 Å². The molecular formula is C17H18BrN. The minimum Gasteiger partial charge on any atom is -0.312 e. The standard InChI is InChI=1S/C17H18BrN/c18-16-8-6-13(7-9-16)11-19-12-15-10-17(15)14-4-2-1-3-5-14/h1-9,15,17,19H,10-12H2/t15-,17+/m0/s1. The number of hydrogen-bond acceptors (Lipinski definition) is 1. The van der Waals surface area contributed by atoms with Crippen LogP contribution in [0.15, 0.2) is 59.1 Å². The molecule has 1 aliphatic rings. The van der Waals surface area contributed by atoms with Gasteiger partial charge in [-0.3, -0.25) is 0 Å². The van der Waals surface area contributed by atoms with Crippen LogP contribution >= 0.6 is 15.9 Å². The molecular weight excluding hydrogens is 298 g/mol. The van der Waals surface area contributed by atoms with Crippen molar-refractivity contribution in [2.75, 3.05) is 6.54 Å². The van der Waals surface area contributed by atoms with Gasteiger partial charge in [0.1, 0.15) is 0 Å². The minimum absolute atomic E-state index is 0.776. The number of hydrogen-bond donors (Lipinski definition) is 1. The number of halogens is 1. The van der Waals surface area contributed by atoms with Crippen molar-refractivity contribution in [3.05, 3.63) is 70.2 Å². The molecule has 1 fully saturated rings. The Kier molecular flexibility index (Phi) is 4.00. The van der Waals surface area contributed by atoms with E-state index in [1.165, 1.54) is 17.5 Å². The maximum Gasteiger partial charge on any atom is 0.0205 e. The molecule has 0 amide bonds. The lowest BCUT2D eigenvalue weighted by atomic mass is 10.1. The Morgan fingerprint density at radius 2 is 1.74 bits per heavy atom. The molecule has 0 radical (unpaired) electrons. The normalized spacial score (nSPS) is 21.3. The lowest BCUT2D eigenvalue weighted by Crippen LogP contribution is -2.16. The summed E-state index contributed by atoms with van der Waals surface area (Å²) in [6.45, 7) is 2.08. The molecule has 0 aliphatic heterocycles. The molecule has 1 N–H and O–H groups in total. The summed E-state index contributed by atoms with van der Waals surface area (Å²) in [6.07, 6.45) is 1.33. The number of benzene rings is 2. The van der Waals surface area contributed by atoms with Crippen LogP contribution in [0.2, 0.25) is 0 Å². The zero-order valence-corrected chi connectivity index (χ0v) is 12.4. The predicted octanol–water partition coefficient (Wildman–Crippen LogP) is 4.34. The van der Waals surface area contributed by atoms with E-state index in [4.69, 9.17) is 0 Å². The summed E-state index contributed by atoms with van der Waals surface area (Å²) in [7, 11) is 0. The van der Waals surface area contributed by atoms with Gasteiger partial charge in [0.2, 0.25) is 0 Å². The third-order valence-electron chi connectivity index (χ3n) is 3.80. The van der Waals surface area contributed by atoms with Gasteiger partial charge in [0.25, 0.3) is 0 Å². The first kappa shape index (κ1) is 12.9. The van der Waals surface area contributed by atoms with Crippen molar-refractivity contribution >= 4 is 15.9 Å². The van der Waals surface area contributed by atoms with E-state index in [2.05, 4.69) is 75.8 Å². The minimum atomic E-state index is 0.776. The second-order valence-electron chi connectivity index (χ2n) is 5.27. The average Bonchev–Trinajstić information content (AvgIpc) is 3.22. The monoisotopic (exact) mass is 315 g/mol. The second kappa shape index (κ2) is 5.89. The predicted molar refractivity (Wildman–Crippen MR) is 83.1 cm³/mol. The van der Waals surface area contributed by atoms with Crippen molar-refractivity contribution in [2.45, 2.75) is 18.9 Å². The van der Waals surface area contributed by atoms with Gasteiger partial charge in [-0.25, -0.2) is 0 Å². The van der Waals surface area contributed by atoms with E-state index in [1.807, 2.05) is 0 Å². The topological polar surface area (TPSA) is 12.0 Å². The lowest BCUT2D eigenvalue weighted by molar-refractivity contribution is 0.627. The van der Waals surface area contributed by atoms with Gasteiger partial charge in [0.05, 0.1) is 0 Å². The van der Waals surface area contributed by atoms with Crippen molar-refractivity contribution in [3.63, 3.8) is 0 Å². The van der Waals surface area contributed by atoms with Gasteiger partial charge in [0, 0.05) is 11.0 Å². The second-order valence-corrected chi connectivity index (χ2v) is 6.19. The quantitative estimate of drug-likeness (QED) is 0.865. The fourth-order valence-electron chi connectivity index (χ4n) is 2.59. The van der Waals surface area contributed by atoms with E-state index < -0.39 is 0 Å². The molecule has 1 saturated carbocycles. The molecule has 1 aliphatic carbocycles. The molecule has 19 heavy (non-hydrogen) atoms. The molecule has 2 atom stereocenters. The fourth-order valence-corrected chi connectivity index (χ4v) is 2.85. The Balaban J connectivity index is 1.44. The number of nitrogens with one attached hydrogen (secondary N) is 1. The highest BCUT2D eigenvalue weighted by atomic mass is 79.9. The Labute approximate surface area is 123 Å². The molecule has 98 valence electrons. The highest BCUT2D eigenvalue weighted by Crippen LogP contribution is 2.46. The summed E-state index contributed by atoms with van der Waals surface area (Å²) in [5.41, 5.74) is 2.85. The Hall–Kier alpha value is -1.12. The summed E-state index contributed by atoms with van der Waals surface area (Å²) in [4.78, 5) is 0. The molecule has 1 nitrogen and oxygen atoms in total. The largest absolute Gasteiger partial charge is 0.312 e. The summed E-state index contributed by atoms with van der Waals surface area (Å²) < 4.78 is 1.14. The van der Waals surface area contributed by atoms with Crippen LogP contribution in [0, 0.1) is 5.92 Å². The highest BCUT2D eigenvalue weighted by molar-refractivity contribution is 9.10. The van der Waals surface area contributed by atoms with E-state index >= 15 is 0 Å². The maximum atomic E-state index is 3.57. The molecule has 3 rings (SSSR count). The fraction of sp³-hybridized carbons (Fsp3) is 0.294. The molecule has 0 heterocycles. The van der Waals surface area contributed by atoms with Gasteiger partial charge in [-0.15, -0.1) is 0 Å². The molecule has 0 bridgehead atoms. The SMILES string of the molecule is Brc1ccc(CNC[C@@H]2C[C@@H]2c2ccccc2)cc1. The van der Waals surface area contributed by atoms with Gasteiger partial charge >= 0.3 is 0 Å². The highest BCUT2D eigenvalue weighted by Gasteiger charge is 2.37. The van der Waals surface area contributed by atoms with Crippen LogP contribution in [0.25, 0.3) is 0 Å².